The molecule has 0 aromatic carbocycles. The van der Waals surface area contributed by atoms with E-state index in [1.54, 1.807) is 11.1 Å². The average molecular weight is 317 g/mol. The lowest BCUT2D eigenvalue weighted by Crippen LogP contribution is -2.50. The van der Waals surface area contributed by atoms with Gasteiger partial charge in [-0.15, -0.1) is 0 Å². The summed E-state index contributed by atoms with van der Waals surface area (Å²) in [6.45, 7) is 1.26. The van der Waals surface area contributed by atoms with Crippen LogP contribution in [0.1, 0.15) is 49.0 Å². The lowest BCUT2D eigenvalue weighted by atomic mass is 10.0. The van der Waals surface area contributed by atoms with Crippen molar-refractivity contribution in [3.8, 4) is 0 Å². The number of hydrogen-bond donors (Lipinski definition) is 2. The van der Waals surface area contributed by atoms with Crippen molar-refractivity contribution in [1.29, 1.82) is 0 Å². The van der Waals surface area contributed by atoms with Crippen molar-refractivity contribution >= 4 is 11.9 Å². The van der Waals surface area contributed by atoms with Crippen molar-refractivity contribution in [3.05, 3.63) is 24.3 Å². The fourth-order valence-corrected chi connectivity index (χ4v) is 3.28. The molecule has 0 spiro atoms. The van der Waals surface area contributed by atoms with Crippen molar-refractivity contribution in [1.82, 2.24) is 25.5 Å². The lowest BCUT2D eigenvalue weighted by molar-refractivity contribution is 0.0702. The first-order valence-corrected chi connectivity index (χ1v) is 8.34. The van der Waals surface area contributed by atoms with E-state index >= 15 is 0 Å². The SMILES string of the molecule is O=C(NC1CCCC1)NC1CCN(C(=O)c2cnccn2)CC1. The van der Waals surface area contributed by atoms with Crippen molar-refractivity contribution in [2.24, 2.45) is 0 Å². The van der Waals surface area contributed by atoms with Gasteiger partial charge in [0.2, 0.25) is 0 Å². The van der Waals surface area contributed by atoms with Gasteiger partial charge in [-0.25, -0.2) is 9.78 Å². The molecule has 124 valence electrons. The second kappa shape index (κ2) is 7.39. The highest BCUT2D eigenvalue weighted by Crippen LogP contribution is 2.18. The highest BCUT2D eigenvalue weighted by atomic mass is 16.2. The van der Waals surface area contributed by atoms with Crippen molar-refractivity contribution in [2.75, 3.05) is 13.1 Å². The minimum absolute atomic E-state index is 0.0735. The molecule has 23 heavy (non-hydrogen) atoms. The van der Waals surface area contributed by atoms with Crippen LogP contribution in [0.25, 0.3) is 0 Å². The largest absolute Gasteiger partial charge is 0.337 e. The molecule has 0 atom stereocenters. The van der Waals surface area contributed by atoms with Gasteiger partial charge in [-0.05, 0) is 25.7 Å². The monoisotopic (exact) mass is 317 g/mol. The minimum atomic E-state index is -0.0908. The van der Waals surface area contributed by atoms with Gasteiger partial charge in [-0.2, -0.15) is 0 Å². The first kappa shape index (κ1) is 15.7. The third-order valence-electron chi connectivity index (χ3n) is 4.59. The molecule has 1 aliphatic heterocycles. The number of hydrogen-bond acceptors (Lipinski definition) is 4. The lowest BCUT2D eigenvalue weighted by Gasteiger charge is -2.32. The van der Waals surface area contributed by atoms with E-state index in [-0.39, 0.29) is 18.0 Å². The minimum Gasteiger partial charge on any atom is -0.337 e. The molecular weight excluding hydrogens is 294 g/mol. The molecule has 0 radical (unpaired) electrons. The Balaban J connectivity index is 1.43. The predicted molar refractivity (Wildman–Crippen MR) is 84.9 cm³/mol. The highest BCUT2D eigenvalue weighted by Gasteiger charge is 2.26. The van der Waals surface area contributed by atoms with E-state index in [0.717, 1.165) is 25.7 Å². The molecule has 3 amide bonds. The quantitative estimate of drug-likeness (QED) is 0.880. The van der Waals surface area contributed by atoms with Crippen LogP contribution in [-0.2, 0) is 0 Å². The van der Waals surface area contributed by atoms with Crippen LogP contribution in [0.2, 0.25) is 0 Å². The molecule has 1 aromatic rings. The zero-order chi connectivity index (χ0) is 16.1. The summed E-state index contributed by atoms with van der Waals surface area (Å²) in [6, 6.07) is 0.381. The molecule has 1 saturated carbocycles. The smallest absolute Gasteiger partial charge is 0.315 e. The van der Waals surface area contributed by atoms with Crippen LogP contribution in [0, 0.1) is 0 Å². The Morgan fingerprint density at radius 2 is 1.65 bits per heavy atom. The van der Waals surface area contributed by atoms with E-state index < -0.39 is 0 Å². The summed E-state index contributed by atoms with van der Waals surface area (Å²) >= 11 is 0. The Labute approximate surface area is 135 Å². The van der Waals surface area contributed by atoms with Gasteiger partial charge in [0.1, 0.15) is 5.69 Å². The van der Waals surface area contributed by atoms with Gasteiger partial charge in [0.25, 0.3) is 5.91 Å². The Kier molecular flexibility index (Phi) is 5.05. The zero-order valence-electron chi connectivity index (χ0n) is 13.2. The molecule has 0 unspecified atom stereocenters. The van der Waals surface area contributed by atoms with Crippen LogP contribution >= 0.6 is 0 Å². The van der Waals surface area contributed by atoms with Crippen LogP contribution in [0.3, 0.4) is 0 Å². The topological polar surface area (TPSA) is 87.2 Å². The van der Waals surface area contributed by atoms with Gasteiger partial charge in [0.05, 0.1) is 6.20 Å². The number of piperidine rings is 1. The summed E-state index contributed by atoms with van der Waals surface area (Å²) in [7, 11) is 0. The number of nitrogens with zero attached hydrogens (tertiary/aromatic N) is 3. The molecule has 1 aliphatic carbocycles. The molecule has 2 fully saturated rings. The Hall–Kier alpha value is -2.18. The fraction of sp³-hybridized carbons (Fsp3) is 0.625. The van der Waals surface area contributed by atoms with Gasteiger partial charge in [0, 0.05) is 37.6 Å². The number of likely N-dealkylation sites (tertiary alicyclic amines) is 1. The van der Waals surface area contributed by atoms with E-state index in [1.807, 2.05) is 0 Å². The molecular formula is C16H23N5O2. The summed E-state index contributed by atoms with van der Waals surface area (Å²) < 4.78 is 0. The molecule has 7 nitrogen and oxygen atoms in total. The standard InChI is InChI=1S/C16H23N5O2/c22-15(14-11-17-7-8-18-14)21-9-5-13(6-10-21)20-16(23)19-12-3-1-2-4-12/h7-8,11-13H,1-6,9-10H2,(H2,19,20,23). The van der Waals surface area contributed by atoms with Crippen LogP contribution in [0.15, 0.2) is 18.6 Å². The van der Waals surface area contributed by atoms with Crippen molar-refractivity contribution in [2.45, 2.75) is 50.6 Å². The Bertz CT molecular complexity index is 537. The summed E-state index contributed by atoms with van der Waals surface area (Å²) in [5, 5.41) is 6.07. The maximum absolute atomic E-state index is 12.3. The van der Waals surface area contributed by atoms with E-state index in [0.29, 0.717) is 24.8 Å². The molecule has 2 N–H and O–H groups in total. The molecule has 7 heteroatoms. The zero-order valence-corrected chi connectivity index (χ0v) is 13.2. The van der Waals surface area contributed by atoms with Crippen LogP contribution in [0.4, 0.5) is 4.79 Å². The third kappa shape index (κ3) is 4.18. The van der Waals surface area contributed by atoms with E-state index in [1.165, 1.54) is 25.2 Å². The fourth-order valence-electron chi connectivity index (χ4n) is 3.28. The first-order chi connectivity index (χ1) is 11.2. The van der Waals surface area contributed by atoms with Crippen LogP contribution < -0.4 is 10.6 Å². The van der Waals surface area contributed by atoms with Gasteiger partial charge in [-0.3, -0.25) is 9.78 Å². The Morgan fingerprint density at radius 3 is 2.26 bits per heavy atom. The second-order valence-corrected chi connectivity index (χ2v) is 6.26. The van der Waals surface area contributed by atoms with E-state index in [2.05, 4.69) is 20.6 Å². The average Bonchev–Trinajstić information content (AvgIpc) is 3.08. The Morgan fingerprint density at radius 1 is 1.00 bits per heavy atom. The number of carbonyl (C=O) groups is 2. The summed E-state index contributed by atoms with van der Waals surface area (Å²) in [5.41, 5.74) is 0.373. The van der Waals surface area contributed by atoms with Crippen molar-refractivity contribution < 1.29 is 9.59 Å². The number of aromatic nitrogens is 2. The summed E-state index contributed by atoms with van der Waals surface area (Å²) in [5.74, 6) is -0.0908. The molecule has 2 aliphatic rings. The van der Waals surface area contributed by atoms with Crippen LogP contribution in [-0.4, -0.2) is 52.0 Å². The molecule has 1 aromatic heterocycles. The summed E-state index contributed by atoms with van der Waals surface area (Å²) in [4.78, 5) is 34.0. The van der Waals surface area contributed by atoms with E-state index in [4.69, 9.17) is 0 Å². The maximum Gasteiger partial charge on any atom is 0.315 e. The van der Waals surface area contributed by atoms with E-state index in [9.17, 15) is 9.59 Å². The van der Waals surface area contributed by atoms with Gasteiger partial charge in [0.15, 0.2) is 0 Å². The first-order valence-electron chi connectivity index (χ1n) is 8.34. The number of amides is 3. The van der Waals surface area contributed by atoms with Gasteiger partial charge < -0.3 is 15.5 Å². The second-order valence-electron chi connectivity index (χ2n) is 6.26. The van der Waals surface area contributed by atoms with Crippen LogP contribution in [0.5, 0.6) is 0 Å². The number of nitrogens with one attached hydrogen (secondary N) is 2. The number of urea groups is 1. The normalized spacial score (nSPS) is 19.6. The molecule has 1 saturated heterocycles. The molecule has 0 bridgehead atoms. The maximum atomic E-state index is 12.3. The van der Waals surface area contributed by atoms with Gasteiger partial charge >= 0.3 is 6.03 Å². The molecule has 3 rings (SSSR count). The third-order valence-corrected chi connectivity index (χ3v) is 4.59. The number of carbonyl (C=O) groups excluding carboxylic acids is 2. The van der Waals surface area contributed by atoms with Crippen molar-refractivity contribution in [3.63, 3.8) is 0 Å². The van der Waals surface area contributed by atoms with Gasteiger partial charge in [-0.1, -0.05) is 12.8 Å². The molecule has 2 heterocycles. The number of rotatable bonds is 3. The highest BCUT2D eigenvalue weighted by molar-refractivity contribution is 5.92. The predicted octanol–water partition coefficient (Wildman–Crippen LogP) is 1.32. The summed E-state index contributed by atoms with van der Waals surface area (Å²) in [6.07, 6.45) is 10.7.